The van der Waals surface area contributed by atoms with Crippen molar-refractivity contribution in [3.63, 3.8) is 0 Å². The van der Waals surface area contributed by atoms with Crippen molar-refractivity contribution in [2.24, 2.45) is 4.99 Å². The molecule has 0 bridgehead atoms. The molecule has 1 N–H and O–H groups in total. The number of hydrogen-bond donors (Lipinski definition) is 1. The van der Waals surface area contributed by atoms with Crippen molar-refractivity contribution >= 4 is 5.96 Å². The third-order valence-electron chi connectivity index (χ3n) is 4.46. The summed E-state index contributed by atoms with van der Waals surface area (Å²) in [7, 11) is 1.84. The van der Waals surface area contributed by atoms with E-state index in [2.05, 4.69) is 33.4 Å². The zero-order chi connectivity index (χ0) is 17.5. The first-order chi connectivity index (χ1) is 12.3. The van der Waals surface area contributed by atoms with Gasteiger partial charge in [0, 0.05) is 45.0 Å². The van der Waals surface area contributed by atoms with Crippen molar-refractivity contribution in [1.82, 2.24) is 20.0 Å². The van der Waals surface area contributed by atoms with Crippen molar-refractivity contribution in [1.29, 1.82) is 0 Å². The number of para-hydroxylation sites is 1. The standard InChI is InChI=1S/C19H27N5O/c1-3-25-18-9-11-23(12-10-18)19(20-2)21-13-16-14-22-24(15-16)17-7-5-4-6-8-17/h4-8,14-15,18H,3,9-13H2,1-2H3,(H,20,21). The van der Waals surface area contributed by atoms with Gasteiger partial charge in [-0.25, -0.2) is 4.68 Å². The van der Waals surface area contributed by atoms with E-state index in [-0.39, 0.29) is 0 Å². The fourth-order valence-electron chi connectivity index (χ4n) is 3.16. The number of rotatable bonds is 5. The first-order valence-electron chi connectivity index (χ1n) is 8.96. The molecule has 0 saturated carbocycles. The van der Waals surface area contributed by atoms with Gasteiger partial charge in [-0.05, 0) is 31.9 Å². The molecule has 0 aliphatic carbocycles. The van der Waals surface area contributed by atoms with Gasteiger partial charge < -0.3 is 15.0 Å². The number of piperidine rings is 1. The van der Waals surface area contributed by atoms with E-state index >= 15 is 0 Å². The van der Waals surface area contributed by atoms with Crippen LogP contribution in [0.4, 0.5) is 0 Å². The smallest absolute Gasteiger partial charge is 0.193 e. The summed E-state index contributed by atoms with van der Waals surface area (Å²) >= 11 is 0. The normalized spacial score (nSPS) is 16.2. The van der Waals surface area contributed by atoms with Gasteiger partial charge in [0.1, 0.15) is 0 Å². The van der Waals surface area contributed by atoms with Crippen molar-refractivity contribution in [3.05, 3.63) is 48.3 Å². The van der Waals surface area contributed by atoms with Crippen LogP contribution in [0.15, 0.2) is 47.7 Å². The fourth-order valence-corrected chi connectivity index (χ4v) is 3.16. The number of likely N-dealkylation sites (tertiary alicyclic amines) is 1. The Balaban J connectivity index is 1.53. The minimum Gasteiger partial charge on any atom is -0.378 e. The Morgan fingerprint density at radius 1 is 1.28 bits per heavy atom. The second-order valence-corrected chi connectivity index (χ2v) is 6.17. The van der Waals surface area contributed by atoms with Crippen molar-refractivity contribution in [2.45, 2.75) is 32.4 Å². The van der Waals surface area contributed by atoms with E-state index in [1.165, 1.54) is 0 Å². The van der Waals surface area contributed by atoms with E-state index in [0.717, 1.165) is 49.7 Å². The van der Waals surface area contributed by atoms with Crippen LogP contribution in [0.1, 0.15) is 25.3 Å². The lowest BCUT2D eigenvalue weighted by Gasteiger charge is -2.34. The molecule has 0 unspecified atom stereocenters. The lowest BCUT2D eigenvalue weighted by Crippen LogP contribution is -2.46. The second kappa shape index (κ2) is 8.67. The first kappa shape index (κ1) is 17.5. The monoisotopic (exact) mass is 341 g/mol. The van der Waals surface area contributed by atoms with Gasteiger partial charge in [0.05, 0.1) is 18.0 Å². The van der Waals surface area contributed by atoms with Crippen LogP contribution in [0.2, 0.25) is 0 Å². The molecule has 134 valence electrons. The Morgan fingerprint density at radius 3 is 2.72 bits per heavy atom. The van der Waals surface area contributed by atoms with Crippen molar-refractivity contribution in [3.8, 4) is 5.69 Å². The molecule has 1 fully saturated rings. The van der Waals surface area contributed by atoms with Gasteiger partial charge in [0.25, 0.3) is 0 Å². The zero-order valence-corrected chi connectivity index (χ0v) is 15.1. The van der Waals surface area contributed by atoms with E-state index in [1.807, 2.05) is 48.3 Å². The Bertz CT molecular complexity index is 674. The quantitative estimate of drug-likeness (QED) is 0.670. The van der Waals surface area contributed by atoms with Crippen LogP contribution in [0.25, 0.3) is 5.69 Å². The lowest BCUT2D eigenvalue weighted by molar-refractivity contribution is 0.0263. The third kappa shape index (κ3) is 4.60. The Hall–Kier alpha value is -2.34. The van der Waals surface area contributed by atoms with Crippen LogP contribution in [-0.2, 0) is 11.3 Å². The van der Waals surface area contributed by atoms with Crippen molar-refractivity contribution in [2.75, 3.05) is 26.7 Å². The maximum absolute atomic E-state index is 5.72. The number of aromatic nitrogens is 2. The highest BCUT2D eigenvalue weighted by Crippen LogP contribution is 2.14. The fraction of sp³-hybridized carbons (Fsp3) is 0.474. The molecule has 3 rings (SSSR count). The molecule has 6 heteroatoms. The molecule has 1 aliphatic heterocycles. The number of hydrogen-bond acceptors (Lipinski definition) is 3. The zero-order valence-electron chi connectivity index (χ0n) is 15.1. The first-order valence-corrected chi connectivity index (χ1v) is 8.96. The molecule has 1 saturated heterocycles. The maximum Gasteiger partial charge on any atom is 0.193 e. The molecule has 1 aromatic carbocycles. The van der Waals surface area contributed by atoms with Crippen LogP contribution in [0.3, 0.4) is 0 Å². The SMILES string of the molecule is CCOC1CCN(C(=NC)NCc2cnn(-c3ccccc3)c2)CC1. The summed E-state index contributed by atoms with van der Waals surface area (Å²) in [6.45, 7) is 5.53. The molecular formula is C19H27N5O. The molecule has 6 nitrogen and oxygen atoms in total. The van der Waals surface area contributed by atoms with Gasteiger partial charge in [-0.1, -0.05) is 18.2 Å². The van der Waals surface area contributed by atoms with E-state index in [0.29, 0.717) is 12.6 Å². The number of nitrogens with one attached hydrogen (secondary N) is 1. The highest BCUT2D eigenvalue weighted by atomic mass is 16.5. The molecular weight excluding hydrogens is 314 g/mol. The van der Waals surface area contributed by atoms with Crippen molar-refractivity contribution < 1.29 is 4.74 Å². The molecule has 1 aromatic heterocycles. The average molecular weight is 341 g/mol. The lowest BCUT2D eigenvalue weighted by atomic mass is 10.1. The third-order valence-corrected chi connectivity index (χ3v) is 4.46. The molecule has 25 heavy (non-hydrogen) atoms. The van der Waals surface area contributed by atoms with E-state index in [9.17, 15) is 0 Å². The van der Waals surface area contributed by atoms with Crippen LogP contribution >= 0.6 is 0 Å². The summed E-state index contributed by atoms with van der Waals surface area (Å²) in [6, 6.07) is 10.1. The number of nitrogens with zero attached hydrogens (tertiary/aromatic N) is 4. The summed E-state index contributed by atoms with van der Waals surface area (Å²) in [5.74, 6) is 0.947. The minimum atomic E-state index is 0.392. The van der Waals surface area contributed by atoms with Crippen LogP contribution in [-0.4, -0.2) is 53.5 Å². The van der Waals surface area contributed by atoms with Gasteiger partial charge in [-0.3, -0.25) is 4.99 Å². The maximum atomic E-state index is 5.72. The topological polar surface area (TPSA) is 54.7 Å². The number of aliphatic imine (C=N–C) groups is 1. The second-order valence-electron chi connectivity index (χ2n) is 6.17. The molecule has 0 amide bonds. The van der Waals surface area contributed by atoms with E-state index in [4.69, 9.17) is 4.74 Å². The highest BCUT2D eigenvalue weighted by molar-refractivity contribution is 5.79. The molecule has 1 aliphatic rings. The number of benzene rings is 1. The van der Waals surface area contributed by atoms with Gasteiger partial charge in [-0.2, -0.15) is 5.10 Å². The summed E-state index contributed by atoms with van der Waals surface area (Å²) < 4.78 is 7.62. The molecule has 0 spiro atoms. The average Bonchev–Trinajstić information content (AvgIpc) is 3.13. The number of guanidine groups is 1. The summed E-state index contributed by atoms with van der Waals surface area (Å²) in [6.07, 6.45) is 6.45. The molecule has 2 aromatic rings. The van der Waals surface area contributed by atoms with Crippen LogP contribution in [0.5, 0.6) is 0 Å². The summed E-state index contributed by atoms with van der Waals surface area (Å²) in [5, 5.41) is 7.89. The van der Waals surface area contributed by atoms with E-state index in [1.54, 1.807) is 0 Å². The Labute approximate surface area is 149 Å². The highest BCUT2D eigenvalue weighted by Gasteiger charge is 2.21. The van der Waals surface area contributed by atoms with E-state index < -0.39 is 0 Å². The number of ether oxygens (including phenoxy) is 1. The summed E-state index contributed by atoms with van der Waals surface area (Å²) in [5.41, 5.74) is 2.20. The van der Waals surface area contributed by atoms with Gasteiger partial charge >= 0.3 is 0 Å². The predicted octanol–water partition coefficient (Wildman–Crippen LogP) is 2.45. The van der Waals surface area contributed by atoms with Crippen LogP contribution in [0, 0.1) is 0 Å². The van der Waals surface area contributed by atoms with Crippen LogP contribution < -0.4 is 5.32 Å². The minimum absolute atomic E-state index is 0.392. The summed E-state index contributed by atoms with van der Waals surface area (Å²) in [4.78, 5) is 6.73. The van der Waals surface area contributed by atoms with Gasteiger partial charge in [0.15, 0.2) is 5.96 Å². The Morgan fingerprint density at radius 2 is 2.04 bits per heavy atom. The Kier molecular flexibility index (Phi) is 6.06. The van der Waals surface area contributed by atoms with Gasteiger partial charge in [0.2, 0.25) is 0 Å². The van der Waals surface area contributed by atoms with Gasteiger partial charge in [-0.15, -0.1) is 0 Å². The molecule has 0 atom stereocenters. The molecule has 0 radical (unpaired) electrons. The largest absolute Gasteiger partial charge is 0.378 e. The predicted molar refractivity (Wildman–Crippen MR) is 100.0 cm³/mol. The molecule has 2 heterocycles.